The molecule has 2 fully saturated rings. The van der Waals surface area contributed by atoms with Crippen LogP contribution in [0.1, 0.15) is 51.1 Å². The Hall–Kier alpha value is -4.87. The van der Waals surface area contributed by atoms with Crippen molar-refractivity contribution in [2.24, 2.45) is 11.8 Å². The second-order valence-electron chi connectivity index (χ2n) is 12.6. The van der Waals surface area contributed by atoms with Crippen LogP contribution in [0.15, 0.2) is 47.5 Å². The molecule has 0 aliphatic carbocycles. The number of para-hydroxylation sites is 1. The second-order valence-corrected chi connectivity index (χ2v) is 13.9. The lowest BCUT2D eigenvalue weighted by molar-refractivity contribution is -0.189. The van der Waals surface area contributed by atoms with E-state index in [9.17, 15) is 33.4 Å². The van der Waals surface area contributed by atoms with E-state index in [-0.39, 0.29) is 37.8 Å². The molecule has 0 radical (unpaired) electrons. The van der Waals surface area contributed by atoms with Crippen LogP contribution in [-0.4, -0.2) is 84.1 Å². The third kappa shape index (κ3) is 6.33. The van der Waals surface area contributed by atoms with Crippen molar-refractivity contribution in [3.05, 3.63) is 64.5 Å². The van der Waals surface area contributed by atoms with Crippen molar-refractivity contribution in [3.8, 4) is 0 Å². The molecule has 7 atom stereocenters. The Bertz CT molecular complexity index is 2110. The number of nitrogens with zero attached hydrogens (tertiary/aromatic N) is 5. The number of esters is 2. The van der Waals surface area contributed by atoms with Gasteiger partial charge in [-0.25, -0.2) is 24.1 Å². The minimum Gasteiger partial charge on any atom is -0.463 e. The zero-order valence-electron chi connectivity index (χ0n) is 27.6. The van der Waals surface area contributed by atoms with Crippen LogP contribution in [0.5, 0.6) is 0 Å². The SMILES string of the molecule is CCC1(OP(=O)(O)OCC2OC(n3cnc(NC(C)=O)nc3=O)CC2OC(C)=O)C(=O)OCC2C(=O)N3Cc4cc5ccccc5nc4C3=CC21. The quantitative estimate of drug-likeness (QED) is 0.237. The Labute approximate surface area is 289 Å². The average molecular weight is 725 g/mol. The predicted molar refractivity (Wildman–Crippen MR) is 173 cm³/mol. The molecule has 7 unspecified atom stereocenters. The van der Waals surface area contributed by atoms with E-state index in [2.05, 4.69) is 15.3 Å². The molecule has 6 heterocycles. The number of rotatable bonds is 9. The zero-order chi connectivity index (χ0) is 36.2. The molecule has 4 aliphatic heterocycles. The number of carbonyl (C=O) groups is 4. The smallest absolute Gasteiger partial charge is 0.463 e. The van der Waals surface area contributed by atoms with E-state index in [1.807, 2.05) is 30.3 Å². The first kappa shape index (κ1) is 34.6. The number of amides is 2. The van der Waals surface area contributed by atoms with Crippen molar-refractivity contribution in [1.29, 1.82) is 0 Å². The van der Waals surface area contributed by atoms with Crippen LogP contribution in [0.3, 0.4) is 0 Å². The Morgan fingerprint density at radius 3 is 2.69 bits per heavy atom. The largest absolute Gasteiger partial charge is 0.473 e. The van der Waals surface area contributed by atoms with E-state index in [0.717, 1.165) is 28.8 Å². The van der Waals surface area contributed by atoms with Gasteiger partial charge in [0.05, 0.1) is 36.0 Å². The molecule has 18 nitrogen and oxygen atoms in total. The highest BCUT2D eigenvalue weighted by molar-refractivity contribution is 7.47. The molecular weight excluding hydrogens is 691 g/mol. The molecule has 2 saturated heterocycles. The normalized spacial score (nSPS) is 27.9. The fraction of sp³-hybridized carbons (Fsp3) is 0.438. The van der Waals surface area contributed by atoms with E-state index >= 15 is 0 Å². The Morgan fingerprint density at radius 1 is 1.18 bits per heavy atom. The molecule has 2 N–H and O–H groups in total. The maximum absolute atomic E-state index is 13.9. The summed E-state index contributed by atoms with van der Waals surface area (Å²) in [5.41, 5.74) is -0.386. The molecule has 2 aromatic heterocycles. The maximum atomic E-state index is 13.9. The molecule has 51 heavy (non-hydrogen) atoms. The summed E-state index contributed by atoms with van der Waals surface area (Å²) in [5.74, 6) is -4.63. The molecule has 0 spiro atoms. The number of carbonyl (C=O) groups excluding carboxylic acids is 4. The van der Waals surface area contributed by atoms with Gasteiger partial charge in [0.25, 0.3) is 0 Å². The predicted octanol–water partition coefficient (Wildman–Crippen LogP) is 1.83. The number of hydrogen-bond donors (Lipinski definition) is 2. The van der Waals surface area contributed by atoms with Crippen molar-refractivity contribution in [1.82, 2.24) is 24.4 Å². The van der Waals surface area contributed by atoms with E-state index in [4.69, 9.17) is 28.2 Å². The molecule has 268 valence electrons. The van der Waals surface area contributed by atoms with Crippen LogP contribution < -0.4 is 11.0 Å². The Morgan fingerprint density at radius 2 is 1.96 bits per heavy atom. The average Bonchev–Trinajstić information content (AvgIpc) is 3.64. The third-order valence-electron chi connectivity index (χ3n) is 9.33. The molecule has 3 aromatic rings. The molecule has 2 amide bonds. The summed E-state index contributed by atoms with van der Waals surface area (Å²) in [6.07, 6.45) is -0.795. The van der Waals surface area contributed by atoms with Gasteiger partial charge in [-0.1, -0.05) is 31.2 Å². The fourth-order valence-corrected chi connectivity index (χ4v) is 8.13. The molecular formula is C32H33N6O12P. The first-order valence-electron chi connectivity index (χ1n) is 16.1. The summed E-state index contributed by atoms with van der Waals surface area (Å²) in [6, 6.07) is 9.46. The Balaban J connectivity index is 1.13. The fourth-order valence-electron chi connectivity index (χ4n) is 7.01. The standard InChI is InChI=1S/C32H33N6O12P/c1-4-32(21-10-23-27-19(9-18-7-5-6-8-22(18)35-27)12-37(23)28(41)20(21)13-46-29(32)42)50-51(44,45)47-14-25-24(48-17(3)40)11-26(49-25)38-15-33-30(34-16(2)39)36-31(38)43/h5-10,15,20-21,24-26H,4,11-14H2,1-3H3,(H,44,45)(H,34,36,39,43). The van der Waals surface area contributed by atoms with E-state index in [0.29, 0.717) is 16.9 Å². The van der Waals surface area contributed by atoms with Crippen LogP contribution >= 0.6 is 7.82 Å². The summed E-state index contributed by atoms with van der Waals surface area (Å²) >= 11 is 0. The van der Waals surface area contributed by atoms with Crippen molar-refractivity contribution in [2.45, 2.75) is 64.2 Å². The van der Waals surface area contributed by atoms with Gasteiger partial charge >= 0.3 is 25.5 Å². The minimum atomic E-state index is -5.15. The highest BCUT2D eigenvalue weighted by atomic mass is 31.2. The molecule has 4 aliphatic rings. The molecule has 7 rings (SSSR count). The van der Waals surface area contributed by atoms with Gasteiger partial charge in [0.1, 0.15) is 31.4 Å². The van der Waals surface area contributed by atoms with Crippen LogP contribution in [0.2, 0.25) is 0 Å². The van der Waals surface area contributed by atoms with Crippen molar-refractivity contribution in [2.75, 3.05) is 18.5 Å². The molecule has 0 saturated carbocycles. The lowest BCUT2D eigenvalue weighted by atomic mass is 9.72. The van der Waals surface area contributed by atoms with E-state index in [1.165, 1.54) is 6.92 Å². The lowest BCUT2D eigenvalue weighted by Gasteiger charge is -2.46. The van der Waals surface area contributed by atoms with Gasteiger partial charge < -0.3 is 24.0 Å². The lowest BCUT2D eigenvalue weighted by Crippen LogP contribution is -2.59. The molecule has 1 aromatic carbocycles. The van der Waals surface area contributed by atoms with Gasteiger partial charge in [-0.2, -0.15) is 4.98 Å². The van der Waals surface area contributed by atoms with Gasteiger partial charge in [0.2, 0.25) is 17.8 Å². The van der Waals surface area contributed by atoms with Gasteiger partial charge in [-0.15, -0.1) is 0 Å². The number of pyridine rings is 1. The number of cyclic esters (lactones) is 1. The number of phosphoric ester groups is 1. The van der Waals surface area contributed by atoms with E-state index < -0.39 is 73.8 Å². The first-order chi connectivity index (χ1) is 24.3. The number of ether oxygens (including phenoxy) is 3. The van der Waals surface area contributed by atoms with Crippen LogP contribution in [0, 0.1) is 11.8 Å². The number of aromatic nitrogens is 4. The van der Waals surface area contributed by atoms with Gasteiger partial charge in [-0.3, -0.25) is 33.3 Å². The van der Waals surface area contributed by atoms with Crippen molar-refractivity contribution in [3.63, 3.8) is 0 Å². The van der Waals surface area contributed by atoms with E-state index in [1.54, 1.807) is 17.9 Å². The minimum absolute atomic E-state index is 0.0844. The summed E-state index contributed by atoms with van der Waals surface area (Å²) in [7, 11) is -5.15. The number of phosphoric acid groups is 1. The van der Waals surface area contributed by atoms with Crippen molar-refractivity contribution >= 4 is 54.1 Å². The maximum Gasteiger partial charge on any atom is 0.473 e. The van der Waals surface area contributed by atoms with Gasteiger partial charge in [0, 0.05) is 37.1 Å². The molecule has 0 bridgehead atoms. The zero-order valence-corrected chi connectivity index (χ0v) is 28.5. The topological polar surface area (TPSA) is 228 Å². The molecule has 19 heteroatoms. The number of hydrogen-bond acceptors (Lipinski definition) is 14. The summed E-state index contributed by atoms with van der Waals surface area (Å²) < 4.78 is 42.3. The highest BCUT2D eigenvalue weighted by Gasteiger charge is 2.61. The highest BCUT2D eigenvalue weighted by Crippen LogP contribution is 2.56. The van der Waals surface area contributed by atoms with Crippen molar-refractivity contribution < 1.29 is 51.9 Å². The van der Waals surface area contributed by atoms with Crippen LogP contribution in [0.25, 0.3) is 16.6 Å². The van der Waals surface area contributed by atoms with Gasteiger partial charge in [0.15, 0.2) is 5.60 Å². The number of fused-ring (bicyclic) bond motifs is 5. The van der Waals surface area contributed by atoms with Crippen LogP contribution in [0.4, 0.5) is 5.95 Å². The summed E-state index contributed by atoms with van der Waals surface area (Å²) in [6.45, 7) is 3.26. The number of anilines is 1. The van der Waals surface area contributed by atoms with Gasteiger partial charge in [-0.05, 0) is 18.6 Å². The van der Waals surface area contributed by atoms with Crippen LogP contribution in [-0.2, 0) is 53.5 Å². The summed E-state index contributed by atoms with van der Waals surface area (Å²) in [4.78, 5) is 88.3. The number of benzene rings is 1. The Kier molecular flexibility index (Phi) is 8.83. The monoisotopic (exact) mass is 724 g/mol. The summed E-state index contributed by atoms with van der Waals surface area (Å²) in [5, 5.41) is 3.19. The first-order valence-corrected chi connectivity index (χ1v) is 17.6. The number of nitrogens with one attached hydrogen (secondary N) is 1. The second kappa shape index (κ2) is 13.0. The third-order valence-corrected chi connectivity index (χ3v) is 10.4.